The van der Waals surface area contributed by atoms with Gasteiger partial charge in [-0.15, -0.1) is 55.4 Å². The van der Waals surface area contributed by atoms with Crippen LogP contribution in [0.4, 0.5) is 0 Å². The molecule has 0 amide bonds. The van der Waals surface area contributed by atoms with Crippen molar-refractivity contribution in [2.45, 2.75) is 13.5 Å². The largest absolute Gasteiger partial charge is 0.419 e. The van der Waals surface area contributed by atoms with E-state index in [0.717, 1.165) is 0 Å². The van der Waals surface area contributed by atoms with Crippen molar-refractivity contribution in [1.29, 1.82) is 0 Å². The molecule has 0 radical (unpaired) electrons. The molecule has 0 unspecified atom stereocenters. The van der Waals surface area contributed by atoms with Gasteiger partial charge in [0.25, 0.3) is 0 Å². The van der Waals surface area contributed by atoms with E-state index in [2.05, 4.69) is 0 Å². The lowest BCUT2D eigenvalue weighted by atomic mass is 10.8. The van der Waals surface area contributed by atoms with E-state index in [0.29, 0.717) is 6.54 Å². The number of rotatable bonds is 3. The Morgan fingerprint density at radius 2 is 1.45 bits per heavy atom. The molecule has 0 fully saturated rings. The molecule has 68 valence electrons. The van der Waals surface area contributed by atoms with Crippen LogP contribution in [0, 0.1) is 0 Å². The lowest BCUT2D eigenvalue weighted by Crippen LogP contribution is -2.52. The highest BCUT2D eigenvalue weighted by atomic mass is 35.8. The molecule has 0 aromatic rings. The van der Waals surface area contributed by atoms with Crippen LogP contribution in [0.2, 0.25) is 6.55 Å². The first-order valence-electron chi connectivity index (χ1n) is 2.92. The van der Waals surface area contributed by atoms with Gasteiger partial charge in [-0.1, -0.05) is 6.92 Å². The molecule has 0 aliphatic carbocycles. The first kappa shape index (κ1) is 12.8. The Balaban J connectivity index is 4.43. The molecule has 0 aromatic carbocycles. The Hall–Kier alpha value is 1.84. The van der Waals surface area contributed by atoms with E-state index in [-0.39, 0.29) is 0 Å². The first-order valence-corrected chi connectivity index (χ1v) is 12.4. The van der Waals surface area contributed by atoms with Crippen LogP contribution < -0.4 is 0 Å². The average molecular weight is 292 g/mol. The van der Waals surface area contributed by atoms with Crippen molar-refractivity contribution in [3.8, 4) is 0 Å². The Morgan fingerprint density at radius 1 is 1.09 bits per heavy atom. The number of hydrogen-bond acceptors (Lipinski definition) is 1. The van der Waals surface area contributed by atoms with Crippen molar-refractivity contribution in [3.05, 3.63) is 0 Å². The molecule has 0 N–H and O–H groups in total. The molecule has 0 saturated heterocycles. The lowest BCUT2D eigenvalue weighted by Gasteiger charge is -2.32. The standard InChI is InChI=1S/C3H8Cl5NSi2/c1-3-9(10(2,4)5)11(6,7)8/h3H2,1-2H3. The Morgan fingerprint density at radius 3 is 1.45 bits per heavy atom. The molecule has 0 bridgehead atoms. The van der Waals surface area contributed by atoms with Crippen LogP contribution in [0.5, 0.6) is 0 Å². The zero-order chi connectivity index (χ0) is 9.28. The summed E-state index contributed by atoms with van der Waals surface area (Å²) in [6.45, 7) is 1.69. The van der Waals surface area contributed by atoms with Gasteiger partial charge in [-0.25, -0.2) is 0 Å². The van der Waals surface area contributed by atoms with Crippen LogP contribution in [-0.4, -0.2) is 23.8 Å². The van der Waals surface area contributed by atoms with Gasteiger partial charge in [0.15, 0.2) is 0 Å². The van der Waals surface area contributed by atoms with Gasteiger partial charge in [0.2, 0.25) is 0 Å². The predicted octanol–water partition coefficient (Wildman–Crippen LogP) is 3.51. The summed E-state index contributed by atoms with van der Waals surface area (Å²) >= 11 is 29.0. The van der Waals surface area contributed by atoms with Gasteiger partial charge in [-0.2, -0.15) is 0 Å². The highest BCUT2D eigenvalue weighted by molar-refractivity contribution is 7.67. The second kappa shape index (κ2) is 4.37. The summed E-state index contributed by atoms with van der Waals surface area (Å²) in [4.78, 5) is 0. The van der Waals surface area contributed by atoms with E-state index in [4.69, 9.17) is 55.4 Å². The van der Waals surface area contributed by atoms with Crippen LogP contribution in [0.3, 0.4) is 0 Å². The fraction of sp³-hybridized carbons (Fsp3) is 1.00. The third-order valence-electron chi connectivity index (χ3n) is 1.10. The normalized spacial score (nSPS) is 14.2. The van der Waals surface area contributed by atoms with Crippen LogP contribution >= 0.6 is 55.4 Å². The molecule has 0 heterocycles. The smallest absolute Gasteiger partial charge is 0.286 e. The van der Waals surface area contributed by atoms with Gasteiger partial charge in [-0.3, -0.25) is 4.23 Å². The summed E-state index contributed by atoms with van der Waals surface area (Å²) in [7, 11) is 0. The summed E-state index contributed by atoms with van der Waals surface area (Å²) in [5.74, 6) is 0. The molecule has 8 heteroatoms. The Kier molecular flexibility index (Phi) is 5.11. The number of hydrogen-bond donors (Lipinski definition) is 0. The molecule has 11 heavy (non-hydrogen) atoms. The fourth-order valence-corrected chi connectivity index (χ4v) is 14.3. The minimum atomic E-state index is -2.87. The van der Waals surface area contributed by atoms with Gasteiger partial charge in [-0.05, 0) is 13.1 Å². The van der Waals surface area contributed by atoms with E-state index in [9.17, 15) is 0 Å². The lowest BCUT2D eigenvalue weighted by molar-refractivity contribution is 0.705. The maximum absolute atomic E-state index is 5.90. The van der Waals surface area contributed by atoms with Gasteiger partial charge >= 0.3 is 13.0 Å². The molecular formula is C3H8Cl5NSi2. The number of halogens is 5. The molecule has 0 spiro atoms. The van der Waals surface area contributed by atoms with E-state index in [1.807, 2.05) is 6.92 Å². The summed E-state index contributed by atoms with van der Waals surface area (Å²) in [5, 5.41) is 0. The number of nitrogens with zero attached hydrogens (tertiary/aromatic N) is 1. The maximum atomic E-state index is 5.90. The third kappa shape index (κ3) is 4.57. The van der Waals surface area contributed by atoms with Gasteiger partial charge < -0.3 is 0 Å². The highest BCUT2D eigenvalue weighted by Gasteiger charge is 2.45. The minimum Gasteiger partial charge on any atom is -0.286 e. The summed E-state index contributed by atoms with van der Waals surface area (Å²) in [6.07, 6.45) is -2.87. The van der Waals surface area contributed by atoms with Crippen molar-refractivity contribution in [2.75, 3.05) is 6.54 Å². The monoisotopic (exact) mass is 289 g/mol. The van der Waals surface area contributed by atoms with Gasteiger partial charge in [0.1, 0.15) is 0 Å². The molecular weight excluding hydrogens is 283 g/mol. The van der Waals surface area contributed by atoms with Crippen molar-refractivity contribution >= 4 is 68.4 Å². The van der Waals surface area contributed by atoms with Crippen molar-refractivity contribution in [1.82, 2.24) is 4.23 Å². The van der Waals surface area contributed by atoms with Crippen LogP contribution in [0.15, 0.2) is 0 Å². The Bertz CT molecular complexity index is 115. The molecule has 1 nitrogen and oxygen atoms in total. The summed E-state index contributed by atoms with van der Waals surface area (Å²) in [6, 6.07) is 0. The van der Waals surface area contributed by atoms with Crippen molar-refractivity contribution in [2.24, 2.45) is 0 Å². The second-order valence-electron chi connectivity index (χ2n) is 2.05. The zero-order valence-corrected chi connectivity index (χ0v) is 11.8. The van der Waals surface area contributed by atoms with Crippen LogP contribution in [-0.2, 0) is 0 Å². The topological polar surface area (TPSA) is 3.24 Å². The molecule has 0 aromatic heterocycles. The molecule has 0 saturated carbocycles. The third-order valence-corrected chi connectivity index (χ3v) is 10.8. The highest BCUT2D eigenvalue weighted by Crippen LogP contribution is 2.33. The van der Waals surface area contributed by atoms with E-state index >= 15 is 0 Å². The summed E-state index contributed by atoms with van der Waals surface area (Å²) in [5.41, 5.74) is 0. The van der Waals surface area contributed by atoms with Gasteiger partial charge in [0.05, 0.1) is 0 Å². The SMILES string of the molecule is CCN([Si](C)(Cl)Cl)[Si](Cl)(Cl)Cl. The quantitative estimate of drug-likeness (QED) is 0.568. The van der Waals surface area contributed by atoms with Crippen LogP contribution in [0.1, 0.15) is 6.92 Å². The first-order chi connectivity index (χ1) is 4.69. The fourth-order valence-electron chi connectivity index (χ4n) is 0.680. The van der Waals surface area contributed by atoms with Crippen LogP contribution in [0.25, 0.3) is 0 Å². The average Bonchev–Trinajstić information content (AvgIpc) is 1.56. The van der Waals surface area contributed by atoms with Crippen molar-refractivity contribution < 1.29 is 0 Å². The molecule has 0 aliphatic heterocycles. The van der Waals surface area contributed by atoms with E-state index < -0.39 is 13.0 Å². The molecule has 0 atom stereocenters. The van der Waals surface area contributed by atoms with Crippen molar-refractivity contribution in [3.63, 3.8) is 0 Å². The molecule has 0 aliphatic rings. The summed E-state index contributed by atoms with van der Waals surface area (Å²) < 4.78 is 1.60. The van der Waals surface area contributed by atoms with E-state index in [1.54, 1.807) is 10.8 Å². The maximum Gasteiger partial charge on any atom is 0.419 e. The minimum absolute atomic E-state index is 0.582. The second-order valence-corrected chi connectivity index (χ2v) is 17.9. The molecule has 0 rings (SSSR count). The van der Waals surface area contributed by atoms with E-state index in [1.165, 1.54) is 0 Å². The zero-order valence-electron chi connectivity index (χ0n) is 6.04. The predicted molar refractivity (Wildman–Crippen MR) is 59.0 cm³/mol. The van der Waals surface area contributed by atoms with Gasteiger partial charge in [0, 0.05) is 0 Å². The Labute approximate surface area is 92.2 Å².